The topological polar surface area (TPSA) is 218 Å². The van der Waals surface area contributed by atoms with Crippen LogP contribution in [0.3, 0.4) is 0 Å². The summed E-state index contributed by atoms with van der Waals surface area (Å²) in [6.45, 7) is 4.47. The number of nitrogens with zero attached hydrogens (tertiary/aromatic N) is 1. The Morgan fingerprint density at radius 1 is 1.00 bits per heavy atom. The van der Waals surface area contributed by atoms with Crippen molar-refractivity contribution in [2.24, 2.45) is 11.7 Å². The quantitative estimate of drug-likeness (QED) is 0.0585. The lowest BCUT2D eigenvalue weighted by Gasteiger charge is -2.24. The van der Waals surface area contributed by atoms with Crippen molar-refractivity contribution in [3.05, 3.63) is 35.6 Å². The largest absolute Gasteiger partial charge is 0.367 e. The van der Waals surface area contributed by atoms with Gasteiger partial charge in [0.05, 0.1) is 30.5 Å². The molecule has 15 nitrogen and oxygen atoms in total. The Balaban J connectivity index is 1.87. The number of thioether (sulfide) groups is 1. The molecule has 0 bridgehead atoms. The Bertz CT molecular complexity index is 1350. The molecule has 7 N–H and O–H groups in total. The summed E-state index contributed by atoms with van der Waals surface area (Å²) < 4.78 is 5.43. The molecule has 0 aromatic carbocycles. The maximum absolute atomic E-state index is 13.4. The van der Waals surface area contributed by atoms with Crippen LogP contribution in [0.5, 0.6) is 0 Å². The zero-order valence-corrected chi connectivity index (χ0v) is 31.7. The number of allylic oxidation sites excluding steroid dienone is 3. The Hall–Kier alpha value is -4.02. The van der Waals surface area contributed by atoms with Gasteiger partial charge in [-0.15, -0.1) is 0 Å². The standard InChI is InChI=1S/C36H57N7O8S/c1-24(2)33(42-30(45)15-7-5-6-10-19-43-32(47)20-29(52-4)35(43)49)28(44)21-40-27(14-8-9-18-39-36(37)50)34(48)41-26-13-11-12-25(16-17-26)22-51-23-31(46)38-3/h12-13,16-17,24,27,29,33,40H,5-11,14-15,18-23H2,1-4H3,(H,38,46)(H,41,48)(H,42,45)(H3,37,39,50)/t27-,29?,33-/m0/s1. The van der Waals surface area contributed by atoms with Crippen LogP contribution in [0.2, 0.25) is 0 Å². The van der Waals surface area contributed by atoms with Crippen LogP contribution in [-0.4, -0.2) is 110 Å². The predicted octanol–water partition coefficient (Wildman–Crippen LogP) is 1.58. The predicted molar refractivity (Wildman–Crippen MR) is 200 cm³/mol. The number of nitrogens with two attached hydrogens (primary N) is 1. The van der Waals surface area contributed by atoms with Crippen LogP contribution in [0, 0.1) is 5.92 Å². The molecule has 2 rings (SSSR count). The molecule has 1 saturated heterocycles. The molecule has 52 heavy (non-hydrogen) atoms. The summed E-state index contributed by atoms with van der Waals surface area (Å²) in [5.74, 6) is -1.49. The highest BCUT2D eigenvalue weighted by atomic mass is 32.2. The summed E-state index contributed by atoms with van der Waals surface area (Å²) in [5.41, 5.74) is 6.58. The molecule has 0 saturated carbocycles. The first-order chi connectivity index (χ1) is 24.9. The van der Waals surface area contributed by atoms with Crippen molar-refractivity contribution >= 4 is 53.1 Å². The highest BCUT2D eigenvalue weighted by molar-refractivity contribution is 8.00. The van der Waals surface area contributed by atoms with Crippen molar-refractivity contribution in [1.29, 1.82) is 0 Å². The van der Waals surface area contributed by atoms with Gasteiger partial charge in [0.2, 0.25) is 29.5 Å². The van der Waals surface area contributed by atoms with Gasteiger partial charge in [-0.3, -0.25) is 39.0 Å². The fourth-order valence-corrected chi connectivity index (χ4v) is 6.26. The fraction of sp³-hybridized carbons (Fsp3) is 0.639. The second kappa shape index (κ2) is 24.3. The number of urea groups is 1. The third-order valence-electron chi connectivity index (χ3n) is 8.65. The SMILES string of the molecule is CNC(=O)COCC1=CCC=C(NC(=O)[C@H](CCCCNC(N)=O)NCC(=O)[C@@H](NC(=O)CCCCCCN2C(=O)CC(SC)C2=O)C(C)C)C=C1. The van der Waals surface area contributed by atoms with Gasteiger partial charge in [0.1, 0.15) is 6.61 Å². The molecule has 1 heterocycles. The smallest absolute Gasteiger partial charge is 0.312 e. The number of unbranched alkanes of at least 4 members (excludes halogenated alkanes) is 4. The van der Waals surface area contributed by atoms with E-state index in [0.717, 1.165) is 18.4 Å². The number of ether oxygens (including phenoxy) is 1. The first-order valence-corrected chi connectivity index (χ1v) is 19.3. The van der Waals surface area contributed by atoms with Gasteiger partial charge in [0.15, 0.2) is 5.78 Å². The number of carbonyl (C=O) groups excluding carboxylic acids is 7. The fourth-order valence-electron chi connectivity index (χ4n) is 5.62. The van der Waals surface area contributed by atoms with Gasteiger partial charge >= 0.3 is 6.03 Å². The Morgan fingerprint density at radius 3 is 2.42 bits per heavy atom. The van der Waals surface area contributed by atoms with E-state index in [1.807, 2.05) is 32.3 Å². The number of imide groups is 1. The van der Waals surface area contributed by atoms with E-state index in [4.69, 9.17) is 10.5 Å². The average molecular weight is 748 g/mol. The second-order valence-corrected chi connectivity index (χ2v) is 14.2. The zero-order valence-electron chi connectivity index (χ0n) is 30.9. The van der Waals surface area contributed by atoms with Crippen LogP contribution in [0.25, 0.3) is 0 Å². The molecule has 7 amide bonds. The lowest BCUT2D eigenvalue weighted by molar-refractivity contribution is -0.138. The molecule has 2 aliphatic rings. The summed E-state index contributed by atoms with van der Waals surface area (Å²) in [7, 11) is 1.53. The zero-order chi connectivity index (χ0) is 38.5. The van der Waals surface area contributed by atoms with Crippen LogP contribution in [-0.2, 0) is 33.5 Å². The summed E-state index contributed by atoms with van der Waals surface area (Å²) >= 11 is 1.39. The van der Waals surface area contributed by atoms with E-state index in [1.54, 1.807) is 12.2 Å². The Morgan fingerprint density at radius 2 is 1.75 bits per heavy atom. The van der Waals surface area contributed by atoms with Crippen molar-refractivity contribution in [3.8, 4) is 0 Å². The van der Waals surface area contributed by atoms with Crippen molar-refractivity contribution in [3.63, 3.8) is 0 Å². The van der Waals surface area contributed by atoms with Crippen LogP contribution in [0.15, 0.2) is 35.6 Å². The van der Waals surface area contributed by atoms with Gasteiger partial charge in [0, 0.05) is 38.7 Å². The summed E-state index contributed by atoms with van der Waals surface area (Å²) in [6, 6.07) is -2.11. The van der Waals surface area contributed by atoms with Gasteiger partial charge in [0.25, 0.3) is 0 Å². The van der Waals surface area contributed by atoms with Crippen LogP contribution in [0.1, 0.15) is 78.1 Å². The van der Waals surface area contributed by atoms with E-state index in [-0.39, 0.29) is 79.1 Å². The van der Waals surface area contributed by atoms with E-state index in [0.29, 0.717) is 57.3 Å². The number of likely N-dealkylation sites (tertiary alicyclic amines) is 1. The number of hydrogen-bond acceptors (Lipinski definition) is 10. The maximum Gasteiger partial charge on any atom is 0.312 e. The van der Waals surface area contributed by atoms with E-state index < -0.39 is 18.1 Å². The highest BCUT2D eigenvalue weighted by Crippen LogP contribution is 2.23. The van der Waals surface area contributed by atoms with Crippen LogP contribution >= 0.6 is 11.8 Å². The molecule has 0 radical (unpaired) electrons. The summed E-state index contributed by atoms with van der Waals surface area (Å²) in [6.07, 6.45) is 14.5. The number of ketones is 1. The molecular weight excluding hydrogens is 691 g/mol. The van der Waals surface area contributed by atoms with E-state index in [1.165, 1.54) is 23.7 Å². The van der Waals surface area contributed by atoms with E-state index in [2.05, 4.69) is 26.6 Å². The summed E-state index contributed by atoms with van der Waals surface area (Å²) in [5, 5.41) is 13.6. The van der Waals surface area contributed by atoms with Gasteiger partial charge in [-0.1, -0.05) is 44.9 Å². The first-order valence-electron chi connectivity index (χ1n) is 18.0. The van der Waals surface area contributed by atoms with Crippen molar-refractivity contribution in [2.45, 2.75) is 95.4 Å². The molecule has 16 heteroatoms. The van der Waals surface area contributed by atoms with Gasteiger partial charge in [-0.25, -0.2) is 4.79 Å². The molecule has 290 valence electrons. The monoisotopic (exact) mass is 747 g/mol. The number of Topliss-reactive ketones (excluding diaryl/α,β-unsaturated/α-hetero) is 1. The van der Waals surface area contributed by atoms with E-state index >= 15 is 0 Å². The van der Waals surface area contributed by atoms with Gasteiger partial charge < -0.3 is 31.7 Å². The van der Waals surface area contributed by atoms with Crippen LogP contribution < -0.4 is 32.3 Å². The number of nitrogens with one attached hydrogen (secondary N) is 5. The number of carbonyl (C=O) groups is 7. The van der Waals surface area contributed by atoms with Crippen molar-refractivity contribution in [2.75, 3.05) is 46.2 Å². The summed E-state index contributed by atoms with van der Waals surface area (Å²) in [4.78, 5) is 87.8. The maximum atomic E-state index is 13.4. The number of amides is 7. The minimum absolute atomic E-state index is 0.0606. The van der Waals surface area contributed by atoms with Crippen molar-refractivity contribution < 1.29 is 38.3 Å². The Labute approximate surface area is 311 Å². The molecule has 1 aliphatic carbocycles. The third-order valence-corrected chi connectivity index (χ3v) is 9.59. The third kappa shape index (κ3) is 16.5. The number of hydrogen-bond donors (Lipinski definition) is 6. The molecule has 3 atom stereocenters. The first kappa shape index (κ1) is 44.1. The average Bonchev–Trinajstić information content (AvgIpc) is 3.22. The minimum atomic E-state index is -0.748. The molecule has 0 spiro atoms. The molecule has 1 fully saturated rings. The molecule has 1 unspecified atom stereocenters. The molecular formula is C36H57N7O8S. The van der Waals surface area contributed by atoms with Gasteiger partial charge in [-0.2, -0.15) is 11.8 Å². The number of likely N-dealkylation sites (N-methyl/N-ethyl adjacent to an activating group) is 1. The molecule has 0 aromatic heterocycles. The number of rotatable bonds is 25. The van der Waals surface area contributed by atoms with Crippen molar-refractivity contribution in [1.82, 2.24) is 31.5 Å². The van der Waals surface area contributed by atoms with E-state index in [9.17, 15) is 33.6 Å². The number of primary amides is 1. The molecule has 0 aromatic rings. The Kier molecular flexibility index (Phi) is 20.6. The van der Waals surface area contributed by atoms with Crippen LogP contribution in [0.4, 0.5) is 4.79 Å². The highest BCUT2D eigenvalue weighted by Gasteiger charge is 2.37. The second-order valence-electron chi connectivity index (χ2n) is 13.1. The normalized spacial score (nSPS) is 16.9. The van der Waals surface area contributed by atoms with Gasteiger partial charge in [-0.05, 0) is 62.3 Å². The minimum Gasteiger partial charge on any atom is -0.367 e. The lowest BCUT2D eigenvalue weighted by atomic mass is 9.98. The molecule has 1 aliphatic heterocycles. The lowest BCUT2D eigenvalue weighted by Crippen LogP contribution is -2.51.